The summed E-state index contributed by atoms with van der Waals surface area (Å²) in [6.45, 7) is 4.24. The van der Waals surface area contributed by atoms with Crippen LogP contribution in [-0.2, 0) is 16.6 Å². The Morgan fingerprint density at radius 2 is 1.96 bits per heavy atom. The molecule has 2 heterocycles. The predicted octanol–water partition coefficient (Wildman–Crippen LogP) is 2.73. The third-order valence-electron chi connectivity index (χ3n) is 5.65. The van der Waals surface area contributed by atoms with Crippen molar-refractivity contribution in [2.75, 3.05) is 19.6 Å². The summed E-state index contributed by atoms with van der Waals surface area (Å²) in [5.41, 5.74) is 0.625. The number of para-hydroxylation sites is 1. The Kier molecular flexibility index (Phi) is 5.06. The van der Waals surface area contributed by atoms with Crippen molar-refractivity contribution in [3.05, 3.63) is 29.8 Å². The largest absolute Gasteiger partial charge is 0.489 e. The number of hydrogen-bond donors (Lipinski definition) is 1. The van der Waals surface area contributed by atoms with Gasteiger partial charge in [-0.15, -0.1) is 12.4 Å². The molecule has 5 nitrogen and oxygen atoms in total. The minimum Gasteiger partial charge on any atom is -0.489 e. The first-order valence-electron chi connectivity index (χ1n) is 8.52. The minimum absolute atomic E-state index is 0. The van der Waals surface area contributed by atoms with Crippen LogP contribution in [0.3, 0.4) is 0 Å². The second kappa shape index (κ2) is 6.57. The van der Waals surface area contributed by atoms with Crippen LogP contribution in [0.4, 0.5) is 0 Å². The standard InChI is InChI=1S/C17H23ClN2O3S.ClH/c1-13-10-20(11-14-4-2-3-5-15(14)23-13)24(21,22)17(18)12-16(17)6-8-19-9-7-16;/h2-5,13,19H,6-12H2,1H3;1H. The normalized spacial score (nSPS) is 31.4. The van der Waals surface area contributed by atoms with E-state index in [2.05, 4.69) is 5.32 Å². The average molecular weight is 407 g/mol. The Morgan fingerprint density at radius 3 is 2.68 bits per heavy atom. The molecule has 0 amide bonds. The molecule has 2 aliphatic heterocycles. The maximum Gasteiger partial charge on any atom is 0.234 e. The fourth-order valence-corrected chi connectivity index (χ4v) is 7.22. The van der Waals surface area contributed by atoms with Crippen LogP contribution in [0.25, 0.3) is 0 Å². The van der Waals surface area contributed by atoms with E-state index in [1.165, 1.54) is 4.31 Å². The number of alkyl halides is 1. The van der Waals surface area contributed by atoms with Crippen molar-refractivity contribution >= 4 is 34.0 Å². The molecule has 0 aromatic heterocycles. The van der Waals surface area contributed by atoms with Crippen LogP contribution in [0.1, 0.15) is 31.7 Å². The van der Waals surface area contributed by atoms with E-state index >= 15 is 0 Å². The van der Waals surface area contributed by atoms with Gasteiger partial charge in [0, 0.05) is 17.5 Å². The smallest absolute Gasteiger partial charge is 0.234 e. The number of halogens is 2. The molecule has 140 valence electrons. The molecule has 1 saturated carbocycles. The van der Waals surface area contributed by atoms with Crippen molar-refractivity contribution in [1.29, 1.82) is 0 Å². The van der Waals surface area contributed by atoms with Gasteiger partial charge >= 0.3 is 0 Å². The lowest BCUT2D eigenvalue weighted by atomic mass is 9.95. The van der Waals surface area contributed by atoms with Gasteiger partial charge in [0.15, 0.2) is 4.21 Å². The summed E-state index contributed by atoms with van der Waals surface area (Å²) in [6.07, 6.45) is 2.00. The number of sulfonamides is 1. The average Bonchev–Trinajstić information content (AvgIpc) is 3.18. The molecule has 2 fully saturated rings. The zero-order valence-corrected chi connectivity index (χ0v) is 16.6. The molecule has 4 rings (SSSR count). The van der Waals surface area contributed by atoms with Crippen LogP contribution in [0.15, 0.2) is 24.3 Å². The van der Waals surface area contributed by atoms with Crippen LogP contribution in [0.2, 0.25) is 0 Å². The van der Waals surface area contributed by atoms with Gasteiger partial charge in [-0.1, -0.05) is 29.8 Å². The van der Waals surface area contributed by atoms with Crippen molar-refractivity contribution in [3.8, 4) is 5.75 Å². The van der Waals surface area contributed by atoms with E-state index in [-0.39, 0.29) is 23.9 Å². The van der Waals surface area contributed by atoms with E-state index in [1.54, 1.807) is 0 Å². The minimum atomic E-state index is -3.60. The molecular weight excluding hydrogens is 383 g/mol. The number of hydrogen-bond acceptors (Lipinski definition) is 4. The number of piperidine rings is 1. The molecule has 1 N–H and O–H groups in total. The molecule has 1 saturated heterocycles. The topological polar surface area (TPSA) is 58.6 Å². The molecule has 1 spiro atoms. The molecule has 0 bridgehead atoms. The summed E-state index contributed by atoms with van der Waals surface area (Å²) in [6, 6.07) is 7.63. The molecule has 3 aliphatic rings. The summed E-state index contributed by atoms with van der Waals surface area (Å²) in [5.74, 6) is 0.763. The van der Waals surface area contributed by atoms with Gasteiger partial charge in [0.1, 0.15) is 11.9 Å². The van der Waals surface area contributed by atoms with Gasteiger partial charge in [0.2, 0.25) is 10.0 Å². The lowest BCUT2D eigenvalue weighted by Crippen LogP contribution is -2.44. The third kappa shape index (κ3) is 2.96. The number of nitrogens with zero attached hydrogens (tertiary/aromatic N) is 1. The molecule has 25 heavy (non-hydrogen) atoms. The lowest BCUT2D eigenvalue weighted by Gasteiger charge is -2.30. The number of benzene rings is 1. The van der Waals surface area contributed by atoms with Crippen molar-refractivity contribution in [3.63, 3.8) is 0 Å². The van der Waals surface area contributed by atoms with E-state index in [4.69, 9.17) is 16.3 Å². The first kappa shape index (κ1) is 19.2. The van der Waals surface area contributed by atoms with Gasteiger partial charge in [0.25, 0.3) is 0 Å². The third-order valence-corrected chi connectivity index (χ3v) is 9.12. The zero-order valence-electron chi connectivity index (χ0n) is 14.2. The highest BCUT2D eigenvalue weighted by atomic mass is 35.5. The van der Waals surface area contributed by atoms with E-state index < -0.39 is 14.2 Å². The van der Waals surface area contributed by atoms with Gasteiger partial charge in [0.05, 0.1) is 6.54 Å². The van der Waals surface area contributed by atoms with Gasteiger partial charge in [-0.3, -0.25) is 0 Å². The van der Waals surface area contributed by atoms with Crippen LogP contribution in [0, 0.1) is 5.41 Å². The summed E-state index contributed by atoms with van der Waals surface area (Å²) in [7, 11) is -3.60. The monoisotopic (exact) mass is 406 g/mol. The molecular formula is C17H24Cl2N2O3S. The lowest BCUT2D eigenvalue weighted by molar-refractivity contribution is 0.200. The first-order chi connectivity index (χ1) is 11.4. The van der Waals surface area contributed by atoms with Crippen LogP contribution < -0.4 is 10.1 Å². The Hall–Kier alpha value is -0.530. The number of ether oxygens (including phenoxy) is 1. The van der Waals surface area contributed by atoms with Crippen molar-refractivity contribution < 1.29 is 13.2 Å². The highest BCUT2D eigenvalue weighted by Gasteiger charge is 2.74. The summed E-state index contributed by atoms with van der Waals surface area (Å²) in [4.78, 5) is 0. The molecule has 2 atom stereocenters. The number of fused-ring (bicyclic) bond motifs is 1. The molecule has 0 radical (unpaired) electrons. The SMILES string of the molecule is CC1CN(S(=O)(=O)C2(Cl)CC23CCNCC3)Cc2ccccc2O1.Cl. The number of rotatable bonds is 2. The Bertz CT molecular complexity index is 752. The highest BCUT2D eigenvalue weighted by Crippen LogP contribution is 2.69. The Labute approximate surface area is 160 Å². The van der Waals surface area contributed by atoms with Crippen molar-refractivity contribution in [2.24, 2.45) is 5.41 Å². The zero-order chi connectivity index (χ0) is 17.0. The first-order valence-corrected chi connectivity index (χ1v) is 10.3. The van der Waals surface area contributed by atoms with Crippen LogP contribution >= 0.6 is 24.0 Å². The van der Waals surface area contributed by atoms with E-state index in [1.807, 2.05) is 31.2 Å². The van der Waals surface area contributed by atoms with E-state index in [0.29, 0.717) is 19.5 Å². The Morgan fingerprint density at radius 1 is 1.28 bits per heavy atom. The second-order valence-corrected chi connectivity index (χ2v) is 10.3. The van der Waals surface area contributed by atoms with Gasteiger partial charge in [-0.25, -0.2) is 8.42 Å². The van der Waals surface area contributed by atoms with Crippen molar-refractivity contribution in [2.45, 2.75) is 43.0 Å². The van der Waals surface area contributed by atoms with Crippen LogP contribution in [0.5, 0.6) is 5.75 Å². The maximum absolute atomic E-state index is 13.4. The fraction of sp³-hybridized carbons (Fsp3) is 0.647. The van der Waals surface area contributed by atoms with E-state index in [0.717, 1.165) is 37.2 Å². The molecule has 8 heteroatoms. The van der Waals surface area contributed by atoms with Gasteiger partial charge in [-0.2, -0.15) is 4.31 Å². The number of nitrogens with one attached hydrogen (secondary N) is 1. The Balaban J connectivity index is 0.00000182. The van der Waals surface area contributed by atoms with Crippen molar-refractivity contribution in [1.82, 2.24) is 9.62 Å². The molecule has 1 aromatic rings. The predicted molar refractivity (Wildman–Crippen MR) is 101 cm³/mol. The van der Waals surface area contributed by atoms with Gasteiger partial charge < -0.3 is 10.1 Å². The molecule has 1 aliphatic carbocycles. The fourth-order valence-electron chi connectivity index (χ4n) is 4.14. The molecule has 2 unspecified atom stereocenters. The maximum atomic E-state index is 13.4. The van der Waals surface area contributed by atoms with Crippen LogP contribution in [-0.4, -0.2) is 42.7 Å². The summed E-state index contributed by atoms with van der Waals surface area (Å²) in [5, 5.41) is 3.29. The van der Waals surface area contributed by atoms with E-state index in [9.17, 15) is 8.42 Å². The highest BCUT2D eigenvalue weighted by molar-refractivity contribution is 7.92. The van der Waals surface area contributed by atoms with Gasteiger partial charge in [-0.05, 0) is 45.3 Å². The summed E-state index contributed by atoms with van der Waals surface area (Å²) < 4.78 is 33.0. The molecule has 1 aromatic carbocycles. The quantitative estimate of drug-likeness (QED) is 0.766. The summed E-state index contributed by atoms with van der Waals surface area (Å²) >= 11 is 6.73. The second-order valence-electron chi connectivity index (χ2n) is 7.27.